The zero-order valence-corrected chi connectivity index (χ0v) is 16.6. The minimum atomic E-state index is -0.416. The van der Waals surface area contributed by atoms with E-state index in [1.54, 1.807) is 11.0 Å². The Morgan fingerprint density at radius 3 is 2.39 bits per heavy atom. The number of nitrogens with one attached hydrogen (secondary N) is 1. The molecule has 6 heteroatoms. The largest absolute Gasteiger partial charge is 0.339 e. The van der Waals surface area contributed by atoms with Crippen LogP contribution in [0.4, 0.5) is 10.5 Å². The summed E-state index contributed by atoms with van der Waals surface area (Å²) in [6.07, 6.45) is 9.12. The van der Waals surface area contributed by atoms with E-state index in [9.17, 15) is 14.4 Å². The van der Waals surface area contributed by atoms with Crippen molar-refractivity contribution in [1.82, 2.24) is 10.2 Å². The van der Waals surface area contributed by atoms with Gasteiger partial charge in [-0.2, -0.15) is 0 Å². The summed E-state index contributed by atoms with van der Waals surface area (Å²) in [5.74, 6) is -0.212. The van der Waals surface area contributed by atoms with Crippen LogP contribution in [0.1, 0.15) is 67.3 Å². The van der Waals surface area contributed by atoms with Gasteiger partial charge in [-0.3, -0.25) is 19.8 Å². The summed E-state index contributed by atoms with van der Waals surface area (Å²) >= 11 is 0. The van der Waals surface area contributed by atoms with Crippen LogP contribution in [0.2, 0.25) is 0 Å². The molecule has 1 aromatic rings. The second-order valence-electron chi connectivity index (χ2n) is 8.61. The lowest BCUT2D eigenvalue weighted by atomic mass is 9.68. The molecule has 2 heterocycles. The van der Waals surface area contributed by atoms with E-state index in [1.165, 1.54) is 32.1 Å². The van der Waals surface area contributed by atoms with Gasteiger partial charge in [-0.15, -0.1) is 0 Å². The summed E-state index contributed by atoms with van der Waals surface area (Å²) in [5, 5.41) is 2.35. The number of likely N-dealkylation sites (tertiary alicyclic amines) is 1. The van der Waals surface area contributed by atoms with E-state index >= 15 is 0 Å². The number of hydrogen-bond acceptors (Lipinski definition) is 3. The molecule has 3 fully saturated rings. The quantitative estimate of drug-likeness (QED) is 0.848. The number of benzene rings is 1. The first kappa shape index (κ1) is 19.0. The van der Waals surface area contributed by atoms with Crippen molar-refractivity contribution < 1.29 is 14.4 Å². The third-order valence-corrected chi connectivity index (χ3v) is 6.83. The van der Waals surface area contributed by atoms with Crippen molar-refractivity contribution in [3.8, 4) is 0 Å². The van der Waals surface area contributed by atoms with Crippen LogP contribution < -0.4 is 10.2 Å². The Kier molecular flexibility index (Phi) is 5.13. The number of urea groups is 1. The van der Waals surface area contributed by atoms with Crippen molar-refractivity contribution in [3.63, 3.8) is 0 Å². The second kappa shape index (κ2) is 7.57. The van der Waals surface area contributed by atoms with Crippen molar-refractivity contribution >= 4 is 23.5 Å². The fourth-order valence-corrected chi connectivity index (χ4v) is 5.00. The number of piperidine rings is 1. The molecule has 1 spiro atoms. The topological polar surface area (TPSA) is 69.7 Å². The zero-order chi connectivity index (χ0) is 19.7. The molecule has 1 aromatic carbocycles. The highest BCUT2D eigenvalue weighted by atomic mass is 16.2. The molecule has 0 atom stereocenters. The van der Waals surface area contributed by atoms with E-state index in [-0.39, 0.29) is 18.2 Å². The predicted molar refractivity (Wildman–Crippen MR) is 107 cm³/mol. The molecule has 4 amide bonds. The second-order valence-corrected chi connectivity index (χ2v) is 8.61. The number of carbonyl (C=O) groups is 3. The minimum absolute atomic E-state index is 0.0420. The van der Waals surface area contributed by atoms with E-state index in [0.717, 1.165) is 31.5 Å². The van der Waals surface area contributed by atoms with Gasteiger partial charge in [-0.1, -0.05) is 25.3 Å². The normalized spacial score (nSPS) is 22.3. The van der Waals surface area contributed by atoms with Crippen molar-refractivity contribution in [2.75, 3.05) is 24.5 Å². The average molecular weight is 383 g/mol. The van der Waals surface area contributed by atoms with Crippen LogP contribution in [-0.4, -0.2) is 42.4 Å². The van der Waals surface area contributed by atoms with Gasteiger partial charge in [0.15, 0.2) is 0 Å². The molecule has 0 bridgehead atoms. The number of aryl methyl sites for hydroxylation is 1. The van der Waals surface area contributed by atoms with E-state index in [2.05, 4.69) is 5.32 Å². The smallest absolute Gasteiger partial charge is 0.328 e. The third-order valence-electron chi connectivity index (χ3n) is 6.83. The summed E-state index contributed by atoms with van der Waals surface area (Å²) in [7, 11) is 0. The maximum absolute atomic E-state index is 13.1. The number of nitrogens with zero attached hydrogens (tertiary/aromatic N) is 2. The van der Waals surface area contributed by atoms with Gasteiger partial charge in [0.2, 0.25) is 5.91 Å². The Morgan fingerprint density at radius 2 is 1.71 bits per heavy atom. The number of anilines is 1. The molecule has 1 saturated carbocycles. The summed E-state index contributed by atoms with van der Waals surface area (Å²) in [4.78, 5) is 40.3. The fraction of sp³-hybridized carbons (Fsp3) is 0.591. The van der Waals surface area contributed by atoms with Crippen LogP contribution in [0.25, 0.3) is 0 Å². The van der Waals surface area contributed by atoms with Crippen molar-refractivity contribution in [1.29, 1.82) is 0 Å². The summed E-state index contributed by atoms with van der Waals surface area (Å²) < 4.78 is 0. The van der Waals surface area contributed by atoms with Crippen LogP contribution in [0.3, 0.4) is 0 Å². The van der Waals surface area contributed by atoms with Crippen LogP contribution in [0.5, 0.6) is 0 Å². The van der Waals surface area contributed by atoms with Crippen LogP contribution >= 0.6 is 0 Å². The lowest BCUT2D eigenvalue weighted by molar-refractivity contribution is -0.120. The first-order valence-corrected chi connectivity index (χ1v) is 10.5. The molecule has 0 unspecified atom stereocenters. The SMILES string of the molecule is Cc1ccc(C(=O)N2CCC3(CCCCC3)CC2)cc1N1CCC(=O)NC1=O. The van der Waals surface area contributed by atoms with Crippen molar-refractivity contribution in [3.05, 3.63) is 29.3 Å². The maximum atomic E-state index is 13.1. The van der Waals surface area contributed by atoms with Gasteiger partial charge in [-0.25, -0.2) is 4.79 Å². The van der Waals surface area contributed by atoms with Crippen LogP contribution in [-0.2, 0) is 4.79 Å². The molecule has 0 aromatic heterocycles. The Bertz CT molecular complexity index is 788. The number of carbonyl (C=O) groups excluding carboxylic acids is 3. The van der Waals surface area contributed by atoms with Gasteiger partial charge in [0, 0.05) is 37.3 Å². The molecular formula is C22H29N3O3. The van der Waals surface area contributed by atoms with Crippen molar-refractivity contribution in [2.24, 2.45) is 5.41 Å². The van der Waals surface area contributed by atoms with Crippen molar-refractivity contribution in [2.45, 2.75) is 58.3 Å². The van der Waals surface area contributed by atoms with E-state index in [1.807, 2.05) is 24.0 Å². The molecule has 6 nitrogen and oxygen atoms in total. The summed E-state index contributed by atoms with van der Waals surface area (Å²) in [5.41, 5.74) is 2.70. The third kappa shape index (κ3) is 3.64. The number of rotatable bonds is 2. The van der Waals surface area contributed by atoms with Crippen LogP contribution in [0.15, 0.2) is 18.2 Å². The highest BCUT2D eigenvalue weighted by molar-refractivity contribution is 6.06. The standard InChI is InChI=1S/C22H29N3O3/c1-16-5-6-17(15-18(16)25-12-7-19(26)23-21(25)28)20(27)24-13-10-22(11-14-24)8-3-2-4-9-22/h5-6,15H,2-4,7-14H2,1H3,(H,23,26,28). The van der Waals surface area contributed by atoms with E-state index in [4.69, 9.17) is 0 Å². The van der Waals surface area contributed by atoms with Gasteiger partial charge < -0.3 is 4.90 Å². The number of hydrogen-bond donors (Lipinski definition) is 1. The maximum Gasteiger partial charge on any atom is 0.328 e. The number of amides is 4. The Hall–Kier alpha value is -2.37. The highest BCUT2D eigenvalue weighted by Gasteiger charge is 2.37. The molecule has 150 valence electrons. The monoisotopic (exact) mass is 383 g/mol. The predicted octanol–water partition coefficient (Wildman–Crippen LogP) is 3.63. The zero-order valence-electron chi connectivity index (χ0n) is 16.6. The van der Waals surface area contributed by atoms with Gasteiger partial charge >= 0.3 is 6.03 Å². The molecule has 28 heavy (non-hydrogen) atoms. The molecule has 1 N–H and O–H groups in total. The Balaban J connectivity index is 1.48. The fourth-order valence-electron chi connectivity index (χ4n) is 5.00. The lowest BCUT2D eigenvalue weighted by Crippen LogP contribution is -2.50. The first-order valence-electron chi connectivity index (χ1n) is 10.5. The van der Waals surface area contributed by atoms with Gasteiger partial charge in [0.25, 0.3) is 5.91 Å². The van der Waals surface area contributed by atoms with Gasteiger partial charge in [0.05, 0.1) is 0 Å². The first-order chi connectivity index (χ1) is 13.5. The number of imide groups is 1. The molecule has 3 aliphatic rings. The molecule has 4 rings (SSSR count). The Morgan fingerprint density at radius 1 is 1.00 bits per heavy atom. The summed E-state index contributed by atoms with van der Waals surface area (Å²) in [6.45, 7) is 3.90. The van der Waals surface area contributed by atoms with E-state index < -0.39 is 6.03 Å². The molecule has 0 radical (unpaired) electrons. The lowest BCUT2D eigenvalue weighted by Gasteiger charge is -2.44. The minimum Gasteiger partial charge on any atom is -0.339 e. The van der Waals surface area contributed by atoms with E-state index in [0.29, 0.717) is 23.2 Å². The molecular weight excluding hydrogens is 354 g/mol. The summed E-state index contributed by atoms with van der Waals surface area (Å²) in [6, 6.07) is 5.12. The van der Waals surface area contributed by atoms with Crippen LogP contribution in [0, 0.1) is 12.3 Å². The molecule has 1 aliphatic carbocycles. The highest BCUT2D eigenvalue weighted by Crippen LogP contribution is 2.44. The van der Waals surface area contributed by atoms with Gasteiger partial charge in [-0.05, 0) is 55.7 Å². The average Bonchev–Trinajstić information content (AvgIpc) is 2.70. The Labute approximate surface area is 166 Å². The van der Waals surface area contributed by atoms with Gasteiger partial charge in [0.1, 0.15) is 0 Å². The molecule has 2 saturated heterocycles. The molecule has 2 aliphatic heterocycles.